The predicted octanol–water partition coefficient (Wildman–Crippen LogP) is 2.94. The number of fused-ring (bicyclic) bond motifs is 1. The van der Waals surface area contributed by atoms with Gasteiger partial charge in [0.15, 0.2) is 5.65 Å². The fourth-order valence-electron chi connectivity index (χ4n) is 2.31. The molecule has 0 saturated carbocycles. The SMILES string of the molecule is Cl.Cl.c1cnc2nc(C3CCNCC3)ccc2c1. The van der Waals surface area contributed by atoms with Crippen LogP contribution in [0.4, 0.5) is 0 Å². The number of hydrogen-bond acceptors (Lipinski definition) is 3. The van der Waals surface area contributed by atoms with Gasteiger partial charge in [-0.3, -0.25) is 0 Å². The quantitative estimate of drug-likeness (QED) is 0.876. The van der Waals surface area contributed by atoms with E-state index in [0.29, 0.717) is 5.92 Å². The molecule has 2 aromatic heterocycles. The molecular weight excluding hydrogens is 269 g/mol. The zero-order chi connectivity index (χ0) is 10.8. The highest BCUT2D eigenvalue weighted by Crippen LogP contribution is 2.24. The van der Waals surface area contributed by atoms with Gasteiger partial charge in [0.1, 0.15) is 0 Å². The van der Waals surface area contributed by atoms with E-state index in [2.05, 4.69) is 33.5 Å². The van der Waals surface area contributed by atoms with Gasteiger partial charge in [-0.15, -0.1) is 24.8 Å². The van der Waals surface area contributed by atoms with Crippen molar-refractivity contribution in [2.24, 2.45) is 0 Å². The lowest BCUT2D eigenvalue weighted by atomic mass is 9.94. The first-order chi connectivity index (χ1) is 7.93. The second-order valence-electron chi connectivity index (χ2n) is 4.31. The molecule has 0 aliphatic carbocycles. The number of halogens is 2. The summed E-state index contributed by atoms with van der Waals surface area (Å²) in [7, 11) is 0. The maximum Gasteiger partial charge on any atom is 0.159 e. The Balaban J connectivity index is 0.000000810. The molecule has 0 aromatic carbocycles. The molecule has 1 aliphatic rings. The van der Waals surface area contributed by atoms with E-state index in [9.17, 15) is 0 Å². The first-order valence-electron chi connectivity index (χ1n) is 5.86. The van der Waals surface area contributed by atoms with Crippen LogP contribution in [0.15, 0.2) is 30.5 Å². The van der Waals surface area contributed by atoms with E-state index in [0.717, 1.165) is 24.1 Å². The first-order valence-corrected chi connectivity index (χ1v) is 5.86. The Labute approximate surface area is 119 Å². The molecule has 3 heterocycles. The third kappa shape index (κ3) is 3.10. The molecule has 0 atom stereocenters. The van der Waals surface area contributed by atoms with Gasteiger partial charge in [-0.25, -0.2) is 9.97 Å². The monoisotopic (exact) mass is 285 g/mol. The van der Waals surface area contributed by atoms with Gasteiger partial charge in [0.2, 0.25) is 0 Å². The van der Waals surface area contributed by atoms with Crippen molar-refractivity contribution in [1.29, 1.82) is 0 Å². The van der Waals surface area contributed by atoms with Crippen LogP contribution in [0.25, 0.3) is 11.0 Å². The number of hydrogen-bond donors (Lipinski definition) is 1. The van der Waals surface area contributed by atoms with E-state index in [1.54, 1.807) is 0 Å². The van der Waals surface area contributed by atoms with Crippen molar-refractivity contribution >= 4 is 35.8 Å². The van der Waals surface area contributed by atoms with Crippen LogP contribution in [0.1, 0.15) is 24.5 Å². The number of rotatable bonds is 1. The summed E-state index contributed by atoms with van der Waals surface area (Å²) in [6.07, 6.45) is 4.18. The lowest BCUT2D eigenvalue weighted by Gasteiger charge is -2.22. The molecule has 98 valence electrons. The second-order valence-corrected chi connectivity index (χ2v) is 4.31. The molecule has 1 saturated heterocycles. The zero-order valence-corrected chi connectivity index (χ0v) is 11.6. The van der Waals surface area contributed by atoms with Gasteiger partial charge in [0, 0.05) is 23.2 Å². The largest absolute Gasteiger partial charge is 0.317 e. The minimum atomic E-state index is 0. The van der Waals surface area contributed by atoms with Crippen LogP contribution in [0.3, 0.4) is 0 Å². The number of piperidine rings is 1. The van der Waals surface area contributed by atoms with E-state index < -0.39 is 0 Å². The fraction of sp³-hybridized carbons (Fsp3) is 0.385. The molecule has 0 spiro atoms. The standard InChI is InChI=1S/C13H15N3.2ClH/c1-2-11-3-4-12(16-13(11)15-7-1)10-5-8-14-9-6-10;;/h1-4,7,10,14H,5-6,8-9H2;2*1H. The van der Waals surface area contributed by atoms with Crippen molar-refractivity contribution in [3.63, 3.8) is 0 Å². The molecule has 1 N–H and O–H groups in total. The third-order valence-electron chi connectivity index (χ3n) is 3.24. The Morgan fingerprint density at radius 2 is 1.83 bits per heavy atom. The molecule has 2 aromatic rings. The van der Waals surface area contributed by atoms with E-state index in [-0.39, 0.29) is 24.8 Å². The summed E-state index contributed by atoms with van der Waals surface area (Å²) in [6, 6.07) is 8.29. The summed E-state index contributed by atoms with van der Waals surface area (Å²) in [6.45, 7) is 2.21. The van der Waals surface area contributed by atoms with Crippen molar-refractivity contribution in [3.8, 4) is 0 Å². The molecule has 5 heteroatoms. The van der Waals surface area contributed by atoms with Crippen molar-refractivity contribution < 1.29 is 0 Å². The summed E-state index contributed by atoms with van der Waals surface area (Å²) in [5, 5.41) is 4.50. The zero-order valence-electron chi connectivity index (χ0n) is 10.0. The Hall–Kier alpha value is -0.900. The lowest BCUT2D eigenvalue weighted by molar-refractivity contribution is 0.454. The van der Waals surface area contributed by atoms with Crippen LogP contribution in [0.5, 0.6) is 0 Å². The highest BCUT2D eigenvalue weighted by molar-refractivity contribution is 5.85. The molecule has 1 fully saturated rings. The fourth-order valence-corrected chi connectivity index (χ4v) is 2.31. The van der Waals surface area contributed by atoms with E-state index in [1.165, 1.54) is 18.5 Å². The summed E-state index contributed by atoms with van der Waals surface area (Å²) in [5.74, 6) is 0.604. The Morgan fingerprint density at radius 3 is 2.61 bits per heavy atom. The van der Waals surface area contributed by atoms with Gasteiger partial charge >= 0.3 is 0 Å². The average molecular weight is 286 g/mol. The molecule has 1 aliphatic heterocycles. The normalized spacial score (nSPS) is 15.8. The molecule has 0 bridgehead atoms. The summed E-state index contributed by atoms with van der Waals surface area (Å²) < 4.78 is 0. The van der Waals surface area contributed by atoms with Crippen LogP contribution in [0.2, 0.25) is 0 Å². The predicted molar refractivity (Wildman–Crippen MR) is 78.9 cm³/mol. The minimum absolute atomic E-state index is 0. The highest BCUT2D eigenvalue weighted by atomic mass is 35.5. The van der Waals surface area contributed by atoms with Gasteiger partial charge < -0.3 is 5.32 Å². The van der Waals surface area contributed by atoms with Crippen molar-refractivity contribution in [2.45, 2.75) is 18.8 Å². The van der Waals surface area contributed by atoms with Gasteiger partial charge in [-0.05, 0) is 50.2 Å². The number of aromatic nitrogens is 2. The molecule has 0 unspecified atom stereocenters. The Kier molecular flexibility index (Phi) is 5.79. The molecule has 3 nitrogen and oxygen atoms in total. The molecule has 0 amide bonds. The lowest BCUT2D eigenvalue weighted by Crippen LogP contribution is -2.27. The van der Waals surface area contributed by atoms with Gasteiger partial charge in [-0.1, -0.05) is 0 Å². The highest BCUT2D eigenvalue weighted by Gasteiger charge is 2.16. The summed E-state index contributed by atoms with van der Waals surface area (Å²) >= 11 is 0. The summed E-state index contributed by atoms with van der Waals surface area (Å²) in [5.41, 5.74) is 2.08. The first kappa shape index (κ1) is 15.2. The van der Waals surface area contributed by atoms with E-state index in [4.69, 9.17) is 0 Å². The molecular formula is C13H17Cl2N3. The maximum atomic E-state index is 4.66. The average Bonchev–Trinajstić information content (AvgIpc) is 2.39. The van der Waals surface area contributed by atoms with Crippen molar-refractivity contribution in [2.75, 3.05) is 13.1 Å². The van der Waals surface area contributed by atoms with Crippen LogP contribution in [-0.4, -0.2) is 23.1 Å². The van der Waals surface area contributed by atoms with Crippen LogP contribution in [0, 0.1) is 0 Å². The van der Waals surface area contributed by atoms with Gasteiger partial charge in [0.05, 0.1) is 0 Å². The van der Waals surface area contributed by atoms with Gasteiger partial charge in [-0.2, -0.15) is 0 Å². The second kappa shape index (κ2) is 6.88. The number of pyridine rings is 2. The smallest absolute Gasteiger partial charge is 0.159 e. The third-order valence-corrected chi connectivity index (χ3v) is 3.24. The van der Waals surface area contributed by atoms with E-state index in [1.807, 2.05) is 12.3 Å². The van der Waals surface area contributed by atoms with Crippen LogP contribution >= 0.6 is 24.8 Å². The van der Waals surface area contributed by atoms with E-state index >= 15 is 0 Å². The molecule has 0 radical (unpaired) electrons. The number of nitrogens with zero attached hydrogens (tertiary/aromatic N) is 2. The Morgan fingerprint density at radius 1 is 1.06 bits per heavy atom. The molecule has 18 heavy (non-hydrogen) atoms. The minimum Gasteiger partial charge on any atom is -0.317 e. The topological polar surface area (TPSA) is 37.8 Å². The van der Waals surface area contributed by atoms with Crippen LogP contribution in [-0.2, 0) is 0 Å². The van der Waals surface area contributed by atoms with Crippen molar-refractivity contribution in [1.82, 2.24) is 15.3 Å². The van der Waals surface area contributed by atoms with Crippen molar-refractivity contribution in [3.05, 3.63) is 36.2 Å². The summed E-state index contributed by atoms with van der Waals surface area (Å²) in [4.78, 5) is 8.97. The van der Waals surface area contributed by atoms with Gasteiger partial charge in [0.25, 0.3) is 0 Å². The maximum absolute atomic E-state index is 4.66. The number of nitrogens with one attached hydrogen (secondary N) is 1. The van der Waals surface area contributed by atoms with Crippen LogP contribution < -0.4 is 5.32 Å². The molecule has 3 rings (SSSR count). The Bertz CT molecular complexity index is 498.